The number of aliphatic imine (C=N–C) groups is 1. The third-order valence-electron chi connectivity index (χ3n) is 6.90. The molecule has 38 heavy (non-hydrogen) atoms. The molecule has 2 aromatic carbocycles. The van der Waals surface area contributed by atoms with Crippen LogP contribution < -0.4 is 21.1 Å². The standard InChI is InChI=1S/C30H37N7O/c1-22(19-24-10-7-9-23(20-24)14-18-35(2)3)32-29-31-15-13-27(34-29)36-16-8-17-37-28(38)21-26(33-30(36)37)25-11-5-4-6-12-25/h4-7,9-13,20-22H,8,14-19H2,1-3H3,(H2,31,32,34). The van der Waals surface area contributed by atoms with Crippen LogP contribution in [0.1, 0.15) is 24.5 Å². The molecule has 1 unspecified atom stereocenters. The lowest BCUT2D eigenvalue weighted by molar-refractivity contribution is 0.413. The zero-order valence-electron chi connectivity index (χ0n) is 22.5. The van der Waals surface area contributed by atoms with Gasteiger partial charge in [-0.15, -0.1) is 0 Å². The SMILES string of the molecule is CC(Cc1cccc(CCN(C)C)c1)NC1=NCC=C(N2CCCn3c2nc(-c2ccccc2)cc3=O)N1. The van der Waals surface area contributed by atoms with Crippen molar-refractivity contribution in [2.24, 2.45) is 4.99 Å². The maximum Gasteiger partial charge on any atom is 0.255 e. The van der Waals surface area contributed by atoms with Gasteiger partial charge >= 0.3 is 0 Å². The van der Waals surface area contributed by atoms with Gasteiger partial charge in [0, 0.05) is 37.3 Å². The Hall–Kier alpha value is -3.91. The smallest absolute Gasteiger partial charge is 0.255 e. The van der Waals surface area contributed by atoms with Crippen LogP contribution in [0, 0.1) is 0 Å². The van der Waals surface area contributed by atoms with E-state index in [0.717, 1.165) is 49.7 Å². The van der Waals surface area contributed by atoms with E-state index in [9.17, 15) is 4.79 Å². The van der Waals surface area contributed by atoms with E-state index in [1.54, 1.807) is 10.6 Å². The molecule has 2 aliphatic rings. The van der Waals surface area contributed by atoms with E-state index in [4.69, 9.17) is 4.98 Å². The molecule has 8 nitrogen and oxygen atoms in total. The molecule has 2 N–H and O–H groups in total. The van der Waals surface area contributed by atoms with Gasteiger partial charge in [0.05, 0.1) is 12.2 Å². The third-order valence-corrected chi connectivity index (χ3v) is 6.90. The summed E-state index contributed by atoms with van der Waals surface area (Å²) in [5.41, 5.74) is 4.29. The van der Waals surface area contributed by atoms with Crippen LogP contribution in [-0.2, 0) is 19.4 Å². The van der Waals surface area contributed by atoms with Crippen molar-refractivity contribution < 1.29 is 0 Å². The van der Waals surface area contributed by atoms with Crippen LogP contribution in [0.3, 0.4) is 0 Å². The van der Waals surface area contributed by atoms with Gasteiger partial charge < -0.3 is 15.5 Å². The number of rotatable bonds is 8. The number of nitrogens with one attached hydrogen (secondary N) is 2. The zero-order valence-corrected chi connectivity index (χ0v) is 22.5. The number of fused-ring (bicyclic) bond motifs is 1. The quantitative estimate of drug-likeness (QED) is 0.484. The molecule has 1 aromatic heterocycles. The summed E-state index contributed by atoms with van der Waals surface area (Å²) in [6, 6.07) is 20.5. The van der Waals surface area contributed by atoms with Gasteiger partial charge in [-0.3, -0.25) is 14.3 Å². The normalized spacial score (nSPS) is 15.8. The van der Waals surface area contributed by atoms with Crippen LogP contribution in [0.25, 0.3) is 11.3 Å². The number of aromatic nitrogens is 2. The summed E-state index contributed by atoms with van der Waals surface area (Å²) in [4.78, 5) is 26.9. The van der Waals surface area contributed by atoms with Crippen molar-refractivity contribution in [1.82, 2.24) is 25.1 Å². The lowest BCUT2D eigenvalue weighted by Gasteiger charge is -2.34. The second kappa shape index (κ2) is 11.6. The molecular formula is C30H37N7O. The third kappa shape index (κ3) is 6.14. The van der Waals surface area contributed by atoms with E-state index in [2.05, 4.69) is 76.8 Å². The molecule has 0 bridgehead atoms. The largest absolute Gasteiger partial charge is 0.353 e. The molecule has 0 saturated carbocycles. The predicted molar refractivity (Wildman–Crippen MR) is 154 cm³/mol. The summed E-state index contributed by atoms with van der Waals surface area (Å²) in [6.07, 6.45) is 4.88. The van der Waals surface area contributed by atoms with Crippen LogP contribution in [0.15, 0.2) is 82.3 Å². The molecule has 5 rings (SSSR count). The van der Waals surface area contributed by atoms with Gasteiger partial charge in [-0.25, -0.2) is 9.98 Å². The Labute approximate surface area is 224 Å². The second-order valence-corrected chi connectivity index (χ2v) is 10.3. The van der Waals surface area contributed by atoms with Crippen LogP contribution in [-0.4, -0.2) is 60.2 Å². The maximum atomic E-state index is 13.0. The highest BCUT2D eigenvalue weighted by Gasteiger charge is 2.25. The van der Waals surface area contributed by atoms with Crippen molar-refractivity contribution in [3.8, 4) is 11.3 Å². The monoisotopic (exact) mass is 511 g/mol. The maximum absolute atomic E-state index is 13.0. The van der Waals surface area contributed by atoms with Crippen LogP contribution in [0.4, 0.5) is 5.95 Å². The highest BCUT2D eigenvalue weighted by Crippen LogP contribution is 2.24. The highest BCUT2D eigenvalue weighted by atomic mass is 16.1. The molecule has 198 valence electrons. The zero-order chi connectivity index (χ0) is 26.5. The first-order chi connectivity index (χ1) is 18.5. The van der Waals surface area contributed by atoms with E-state index in [1.807, 2.05) is 30.3 Å². The number of benzene rings is 2. The van der Waals surface area contributed by atoms with Crippen molar-refractivity contribution in [3.63, 3.8) is 0 Å². The van der Waals surface area contributed by atoms with Crippen molar-refractivity contribution >= 4 is 11.9 Å². The molecule has 0 fully saturated rings. The fourth-order valence-electron chi connectivity index (χ4n) is 4.98. The Balaban J connectivity index is 1.27. The average Bonchev–Trinajstić information content (AvgIpc) is 2.92. The van der Waals surface area contributed by atoms with Crippen molar-refractivity contribution in [2.45, 2.75) is 38.8 Å². The number of likely N-dealkylation sites (N-methyl/N-ethyl adjacent to an activating group) is 1. The molecule has 3 aromatic rings. The van der Waals surface area contributed by atoms with Gasteiger partial charge in [0.15, 0.2) is 5.96 Å². The summed E-state index contributed by atoms with van der Waals surface area (Å²) < 4.78 is 1.77. The molecule has 0 radical (unpaired) electrons. The van der Waals surface area contributed by atoms with Crippen molar-refractivity contribution in [3.05, 3.63) is 94.0 Å². The van der Waals surface area contributed by atoms with E-state index in [1.165, 1.54) is 11.1 Å². The summed E-state index contributed by atoms with van der Waals surface area (Å²) in [5, 5.41) is 7.02. The molecule has 8 heteroatoms. The lowest BCUT2D eigenvalue weighted by atomic mass is 10.0. The highest BCUT2D eigenvalue weighted by molar-refractivity contribution is 5.83. The number of hydrogen-bond acceptors (Lipinski definition) is 7. The summed E-state index contributed by atoms with van der Waals surface area (Å²) in [7, 11) is 4.21. The average molecular weight is 512 g/mol. The van der Waals surface area contributed by atoms with E-state index >= 15 is 0 Å². The van der Waals surface area contributed by atoms with Gasteiger partial charge in [0.25, 0.3) is 5.56 Å². The van der Waals surface area contributed by atoms with Crippen LogP contribution in [0.2, 0.25) is 0 Å². The molecule has 2 aliphatic heterocycles. The second-order valence-electron chi connectivity index (χ2n) is 10.3. The molecule has 0 amide bonds. The van der Waals surface area contributed by atoms with Gasteiger partial charge in [0.2, 0.25) is 5.95 Å². The van der Waals surface area contributed by atoms with E-state index < -0.39 is 0 Å². The van der Waals surface area contributed by atoms with Crippen molar-refractivity contribution in [1.29, 1.82) is 0 Å². The van der Waals surface area contributed by atoms with Crippen molar-refractivity contribution in [2.75, 3.05) is 38.6 Å². The van der Waals surface area contributed by atoms with Gasteiger partial charge in [0.1, 0.15) is 5.82 Å². The minimum absolute atomic E-state index is 0.0246. The molecule has 1 atom stereocenters. The Morgan fingerprint density at radius 3 is 2.68 bits per heavy atom. The lowest BCUT2D eigenvalue weighted by Crippen LogP contribution is -2.49. The number of guanidine groups is 1. The minimum Gasteiger partial charge on any atom is -0.353 e. The van der Waals surface area contributed by atoms with Crippen LogP contribution >= 0.6 is 0 Å². The van der Waals surface area contributed by atoms with Gasteiger partial charge in [-0.05, 0) is 57.5 Å². The Morgan fingerprint density at radius 2 is 1.87 bits per heavy atom. The molecule has 0 aliphatic carbocycles. The van der Waals surface area contributed by atoms with Crippen LogP contribution in [0.5, 0.6) is 0 Å². The van der Waals surface area contributed by atoms with E-state index in [-0.39, 0.29) is 11.6 Å². The Morgan fingerprint density at radius 1 is 1.05 bits per heavy atom. The minimum atomic E-state index is -0.0246. The van der Waals surface area contributed by atoms with Gasteiger partial charge in [-0.2, -0.15) is 0 Å². The fraction of sp³-hybridized carbons (Fsp3) is 0.367. The topological polar surface area (TPSA) is 77.8 Å². The first-order valence-electron chi connectivity index (χ1n) is 13.4. The fourth-order valence-corrected chi connectivity index (χ4v) is 4.98. The van der Waals surface area contributed by atoms with E-state index in [0.29, 0.717) is 24.7 Å². The number of hydrogen-bond donors (Lipinski definition) is 2. The summed E-state index contributed by atoms with van der Waals surface area (Å²) in [6.45, 7) is 5.24. The van der Waals surface area contributed by atoms with Gasteiger partial charge in [-0.1, -0.05) is 54.6 Å². The molecule has 0 spiro atoms. The first-order valence-corrected chi connectivity index (χ1v) is 13.4. The number of nitrogens with zero attached hydrogens (tertiary/aromatic N) is 5. The molecular weight excluding hydrogens is 474 g/mol. The Bertz CT molecular complexity index is 1380. The summed E-state index contributed by atoms with van der Waals surface area (Å²) >= 11 is 0. The predicted octanol–water partition coefficient (Wildman–Crippen LogP) is 3.25. The molecule has 3 heterocycles. The molecule has 0 saturated heterocycles. The first kappa shape index (κ1) is 25.7. The summed E-state index contributed by atoms with van der Waals surface area (Å²) in [5.74, 6) is 2.33. The number of anilines is 1. The Kier molecular flexibility index (Phi) is 7.89.